The maximum absolute atomic E-state index is 13.2. The molecule has 0 unspecified atom stereocenters. The number of carbonyl (C=O) groups is 1. The van der Waals surface area contributed by atoms with Crippen molar-refractivity contribution in [1.82, 2.24) is 5.32 Å². The Hall–Kier alpha value is -1.49. The van der Waals surface area contributed by atoms with Crippen LogP contribution in [0.15, 0.2) is 18.2 Å². The van der Waals surface area contributed by atoms with Crippen molar-refractivity contribution >= 4 is 5.91 Å². The zero-order chi connectivity index (χ0) is 15.0. The second kappa shape index (κ2) is 5.37. The molecular formula is C16H20F2N2O. The molecule has 2 atom stereocenters. The number of nitrogens with one attached hydrogen (secondary N) is 1. The first-order valence-electron chi connectivity index (χ1n) is 7.52. The van der Waals surface area contributed by atoms with Crippen molar-refractivity contribution < 1.29 is 13.6 Å². The third-order valence-corrected chi connectivity index (χ3v) is 4.84. The number of nitrogens with two attached hydrogens (primary N) is 1. The van der Waals surface area contributed by atoms with E-state index in [-0.39, 0.29) is 23.3 Å². The molecule has 0 spiro atoms. The Bertz CT molecular complexity index is 555. The van der Waals surface area contributed by atoms with E-state index >= 15 is 0 Å². The van der Waals surface area contributed by atoms with Crippen LogP contribution in [-0.2, 0) is 4.79 Å². The maximum atomic E-state index is 13.2. The summed E-state index contributed by atoms with van der Waals surface area (Å²) in [6.45, 7) is 0.460. The van der Waals surface area contributed by atoms with E-state index in [1.54, 1.807) is 6.07 Å². The molecule has 0 aromatic heterocycles. The van der Waals surface area contributed by atoms with Crippen molar-refractivity contribution in [3.63, 3.8) is 0 Å². The van der Waals surface area contributed by atoms with E-state index in [9.17, 15) is 13.6 Å². The van der Waals surface area contributed by atoms with Gasteiger partial charge in [0.25, 0.3) is 0 Å². The van der Waals surface area contributed by atoms with Crippen LogP contribution >= 0.6 is 0 Å². The fraction of sp³-hybridized carbons (Fsp3) is 0.562. The molecule has 114 valence electrons. The van der Waals surface area contributed by atoms with Crippen LogP contribution in [0.4, 0.5) is 8.78 Å². The van der Waals surface area contributed by atoms with Crippen LogP contribution in [0, 0.1) is 17.6 Å². The van der Waals surface area contributed by atoms with Crippen molar-refractivity contribution in [1.29, 1.82) is 0 Å². The first-order valence-corrected chi connectivity index (χ1v) is 7.52. The Kier molecular flexibility index (Phi) is 3.69. The maximum Gasteiger partial charge on any atom is 0.224 e. The fourth-order valence-electron chi connectivity index (χ4n) is 3.38. The van der Waals surface area contributed by atoms with Gasteiger partial charge in [0.05, 0.1) is 5.54 Å². The zero-order valence-corrected chi connectivity index (χ0v) is 11.9. The van der Waals surface area contributed by atoms with Gasteiger partial charge >= 0.3 is 0 Å². The van der Waals surface area contributed by atoms with Gasteiger partial charge in [0, 0.05) is 12.5 Å². The first kappa shape index (κ1) is 14.4. The SMILES string of the molecule is NCC1(NC(=O)[C@H]2C[C@@H]2c2ccc(F)c(F)c2)CCCC1. The molecule has 1 aromatic rings. The number of hydrogen-bond donors (Lipinski definition) is 2. The Morgan fingerprint density at radius 3 is 2.62 bits per heavy atom. The van der Waals surface area contributed by atoms with E-state index in [0.717, 1.165) is 31.7 Å². The van der Waals surface area contributed by atoms with Gasteiger partial charge in [0.15, 0.2) is 11.6 Å². The predicted molar refractivity (Wildman–Crippen MR) is 75.6 cm³/mol. The minimum Gasteiger partial charge on any atom is -0.349 e. The normalized spacial score (nSPS) is 26.6. The molecule has 21 heavy (non-hydrogen) atoms. The lowest BCUT2D eigenvalue weighted by molar-refractivity contribution is -0.124. The van der Waals surface area contributed by atoms with Gasteiger partial charge in [-0.3, -0.25) is 4.79 Å². The minimum atomic E-state index is -0.854. The minimum absolute atomic E-state index is 0.00270. The molecule has 0 radical (unpaired) electrons. The molecule has 2 saturated carbocycles. The monoisotopic (exact) mass is 294 g/mol. The molecule has 2 fully saturated rings. The summed E-state index contributed by atoms with van der Waals surface area (Å²) in [6.07, 6.45) is 4.73. The molecule has 1 aromatic carbocycles. The smallest absolute Gasteiger partial charge is 0.224 e. The average molecular weight is 294 g/mol. The van der Waals surface area contributed by atoms with Gasteiger partial charge in [0.1, 0.15) is 0 Å². The summed E-state index contributed by atoms with van der Waals surface area (Å²) in [5.41, 5.74) is 6.26. The Morgan fingerprint density at radius 2 is 2.00 bits per heavy atom. The first-order chi connectivity index (χ1) is 10.0. The van der Waals surface area contributed by atoms with E-state index in [2.05, 4.69) is 5.32 Å². The van der Waals surface area contributed by atoms with Gasteiger partial charge in [-0.25, -0.2) is 8.78 Å². The van der Waals surface area contributed by atoms with Crippen molar-refractivity contribution in [2.24, 2.45) is 11.7 Å². The number of carbonyl (C=O) groups excluding carboxylic acids is 1. The van der Waals surface area contributed by atoms with Crippen LogP contribution in [0.5, 0.6) is 0 Å². The highest BCUT2D eigenvalue weighted by atomic mass is 19.2. The summed E-state index contributed by atoms with van der Waals surface area (Å²) in [4.78, 5) is 12.3. The van der Waals surface area contributed by atoms with Crippen LogP contribution in [0.3, 0.4) is 0 Å². The molecule has 0 bridgehead atoms. The van der Waals surface area contributed by atoms with E-state index in [0.29, 0.717) is 18.5 Å². The number of benzene rings is 1. The molecule has 2 aliphatic rings. The molecule has 1 amide bonds. The number of hydrogen-bond acceptors (Lipinski definition) is 2. The third-order valence-electron chi connectivity index (χ3n) is 4.84. The van der Waals surface area contributed by atoms with E-state index in [1.165, 1.54) is 6.07 Å². The Balaban J connectivity index is 1.64. The lowest BCUT2D eigenvalue weighted by Crippen LogP contribution is -2.52. The number of amides is 1. The Labute approximate surface area is 122 Å². The second-order valence-electron chi connectivity index (χ2n) is 6.30. The highest BCUT2D eigenvalue weighted by Crippen LogP contribution is 2.48. The molecule has 5 heteroatoms. The largest absolute Gasteiger partial charge is 0.349 e. The fourth-order valence-corrected chi connectivity index (χ4v) is 3.38. The van der Waals surface area contributed by atoms with Gasteiger partial charge in [-0.2, -0.15) is 0 Å². The summed E-state index contributed by atoms with van der Waals surface area (Å²) in [5, 5.41) is 3.10. The molecule has 3 nitrogen and oxygen atoms in total. The molecule has 0 saturated heterocycles. The van der Waals surface area contributed by atoms with Crippen molar-refractivity contribution in [3.05, 3.63) is 35.4 Å². The van der Waals surface area contributed by atoms with E-state index in [1.807, 2.05) is 0 Å². The van der Waals surface area contributed by atoms with Crippen molar-refractivity contribution in [2.75, 3.05) is 6.54 Å². The highest BCUT2D eigenvalue weighted by molar-refractivity contribution is 5.83. The standard InChI is InChI=1S/C16H20F2N2O/c17-13-4-3-10(7-14(13)18)11-8-12(11)15(21)20-16(9-19)5-1-2-6-16/h3-4,7,11-12H,1-2,5-6,8-9,19H2,(H,20,21)/t11-,12+/m1/s1. The van der Waals surface area contributed by atoms with Gasteiger partial charge < -0.3 is 11.1 Å². The van der Waals surface area contributed by atoms with Crippen LogP contribution < -0.4 is 11.1 Å². The van der Waals surface area contributed by atoms with Crippen LogP contribution in [-0.4, -0.2) is 18.0 Å². The average Bonchev–Trinajstić information content (AvgIpc) is 3.15. The van der Waals surface area contributed by atoms with E-state index in [4.69, 9.17) is 5.73 Å². The molecule has 0 aliphatic heterocycles. The summed E-state index contributed by atoms with van der Waals surface area (Å²) in [6, 6.07) is 3.88. The molecule has 0 heterocycles. The van der Waals surface area contributed by atoms with Crippen molar-refractivity contribution in [2.45, 2.75) is 43.6 Å². The van der Waals surface area contributed by atoms with Gasteiger partial charge in [-0.1, -0.05) is 18.9 Å². The van der Waals surface area contributed by atoms with Gasteiger partial charge in [-0.15, -0.1) is 0 Å². The van der Waals surface area contributed by atoms with E-state index < -0.39 is 11.6 Å². The van der Waals surface area contributed by atoms with Crippen LogP contribution in [0.2, 0.25) is 0 Å². The van der Waals surface area contributed by atoms with Crippen LogP contribution in [0.25, 0.3) is 0 Å². The molecule has 3 N–H and O–H groups in total. The van der Waals surface area contributed by atoms with Crippen molar-refractivity contribution in [3.8, 4) is 0 Å². The summed E-state index contributed by atoms with van der Waals surface area (Å²) < 4.78 is 26.2. The lowest BCUT2D eigenvalue weighted by Gasteiger charge is -2.28. The summed E-state index contributed by atoms with van der Waals surface area (Å²) in [7, 11) is 0. The summed E-state index contributed by atoms with van der Waals surface area (Å²) in [5.74, 6) is -1.85. The zero-order valence-electron chi connectivity index (χ0n) is 11.9. The molecule has 2 aliphatic carbocycles. The van der Waals surface area contributed by atoms with Gasteiger partial charge in [0.2, 0.25) is 5.91 Å². The van der Waals surface area contributed by atoms with Gasteiger partial charge in [-0.05, 0) is 42.9 Å². The third kappa shape index (κ3) is 2.79. The predicted octanol–water partition coefficient (Wildman–Crippen LogP) is 2.46. The Morgan fingerprint density at radius 1 is 1.29 bits per heavy atom. The quantitative estimate of drug-likeness (QED) is 0.896. The topological polar surface area (TPSA) is 55.1 Å². The molecular weight excluding hydrogens is 274 g/mol. The number of halogens is 2. The second-order valence-corrected chi connectivity index (χ2v) is 6.30. The highest BCUT2D eigenvalue weighted by Gasteiger charge is 2.46. The summed E-state index contributed by atoms with van der Waals surface area (Å²) >= 11 is 0. The van der Waals surface area contributed by atoms with Crippen LogP contribution in [0.1, 0.15) is 43.6 Å². The molecule has 3 rings (SSSR count). The lowest BCUT2D eigenvalue weighted by atomic mass is 9.97. The number of rotatable bonds is 4.